The molecule has 0 atom stereocenters. The van der Waals surface area contributed by atoms with E-state index in [1.165, 1.54) is 18.9 Å². The van der Waals surface area contributed by atoms with Crippen molar-refractivity contribution in [1.29, 1.82) is 0 Å². The predicted molar refractivity (Wildman–Crippen MR) is 73.1 cm³/mol. The van der Waals surface area contributed by atoms with Crippen LogP contribution in [0.2, 0.25) is 0 Å². The number of carbonyl (C=O) groups is 1. The molecule has 1 aromatic carbocycles. The molecule has 0 unspecified atom stereocenters. The summed E-state index contributed by atoms with van der Waals surface area (Å²) in [6, 6.07) is 9.27. The van der Waals surface area contributed by atoms with Crippen molar-refractivity contribution in [3.63, 3.8) is 0 Å². The van der Waals surface area contributed by atoms with Gasteiger partial charge in [0.25, 0.3) is 0 Å². The lowest BCUT2D eigenvalue weighted by atomic mass is 10.3. The molecule has 2 aromatic rings. The Hall–Kier alpha value is -2.08. The molecular formula is C13H13N3O2S. The van der Waals surface area contributed by atoms with Gasteiger partial charge >= 0.3 is 5.97 Å². The zero-order valence-corrected chi connectivity index (χ0v) is 11.4. The molecule has 1 heterocycles. The Balaban J connectivity index is 2.33. The molecule has 0 radical (unpaired) electrons. The van der Waals surface area contributed by atoms with Crippen LogP contribution in [-0.2, 0) is 4.74 Å². The lowest BCUT2D eigenvalue weighted by Gasteiger charge is -2.06. The summed E-state index contributed by atoms with van der Waals surface area (Å²) in [5.41, 5.74) is 7.25. The SMILES string of the molecule is COC(=O)c1nc(C)cc(Sc2ccccc2N)n1. The van der Waals surface area contributed by atoms with E-state index in [0.717, 1.165) is 4.90 Å². The molecule has 0 amide bonds. The summed E-state index contributed by atoms with van der Waals surface area (Å²) in [5.74, 6) is -0.494. The first-order valence-corrected chi connectivity index (χ1v) is 6.38. The van der Waals surface area contributed by atoms with Crippen molar-refractivity contribution < 1.29 is 9.53 Å². The Kier molecular flexibility index (Phi) is 4.01. The van der Waals surface area contributed by atoms with Crippen molar-refractivity contribution in [2.45, 2.75) is 16.8 Å². The summed E-state index contributed by atoms with van der Waals surface area (Å²) in [5, 5.41) is 0.658. The van der Waals surface area contributed by atoms with Crippen LogP contribution in [0.15, 0.2) is 40.3 Å². The fourth-order valence-corrected chi connectivity index (χ4v) is 2.38. The Morgan fingerprint density at radius 1 is 1.32 bits per heavy atom. The second-order valence-electron chi connectivity index (χ2n) is 3.80. The molecule has 2 N–H and O–H groups in total. The maximum atomic E-state index is 11.5. The minimum Gasteiger partial charge on any atom is -0.463 e. The van der Waals surface area contributed by atoms with Gasteiger partial charge in [-0.25, -0.2) is 14.8 Å². The third-order valence-electron chi connectivity index (χ3n) is 2.33. The lowest BCUT2D eigenvalue weighted by molar-refractivity contribution is 0.0585. The Morgan fingerprint density at radius 2 is 2.05 bits per heavy atom. The van der Waals surface area contributed by atoms with Gasteiger partial charge in [-0.3, -0.25) is 0 Å². The second-order valence-corrected chi connectivity index (χ2v) is 4.86. The monoisotopic (exact) mass is 275 g/mol. The average Bonchev–Trinajstić information content (AvgIpc) is 2.40. The first kappa shape index (κ1) is 13.4. The summed E-state index contributed by atoms with van der Waals surface area (Å²) in [7, 11) is 1.30. The highest BCUT2D eigenvalue weighted by Gasteiger charge is 2.12. The Bertz CT molecular complexity index is 617. The number of esters is 1. The topological polar surface area (TPSA) is 78.1 Å². The fourth-order valence-electron chi connectivity index (χ4n) is 1.46. The van der Waals surface area contributed by atoms with E-state index in [9.17, 15) is 4.79 Å². The number of para-hydroxylation sites is 1. The van der Waals surface area contributed by atoms with Crippen LogP contribution in [0.1, 0.15) is 16.3 Å². The molecule has 1 aromatic heterocycles. The van der Waals surface area contributed by atoms with Gasteiger partial charge < -0.3 is 10.5 Å². The van der Waals surface area contributed by atoms with Crippen molar-refractivity contribution >= 4 is 23.4 Å². The third-order valence-corrected chi connectivity index (χ3v) is 3.34. The molecule has 98 valence electrons. The largest absolute Gasteiger partial charge is 0.463 e. The van der Waals surface area contributed by atoms with Crippen LogP contribution >= 0.6 is 11.8 Å². The highest BCUT2D eigenvalue weighted by Crippen LogP contribution is 2.30. The number of aryl methyl sites for hydroxylation is 1. The molecule has 0 spiro atoms. The number of aromatic nitrogens is 2. The summed E-state index contributed by atoms with van der Waals surface area (Å²) in [6.45, 7) is 1.80. The van der Waals surface area contributed by atoms with Crippen molar-refractivity contribution in [3.05, 3.63) is 41.9 Å². The molecule has 2 rings (SSSR count). The van der Waals surface area contributed by atoms with Gasteiger partial charge in [0, 0.05) is 16.3 Å². The van der Waals surface area contributed by atoms with Gasteiger partial charge in [-0.1, -0.05) is 23.9 Å². The molecule has 0 saturated heterocycles. The number of hydrogen-bond acceptors (Lipinski definition) is 6. The van der Waals surface area contributed by atoms with E-state index in [-0.39, 0.29) is 5.82 Å². The molecule has 5 nitrogen and oxygen atoms in total. The normalized spacial score (nSPS) is 10.2. The van der Waals surface area contributed by atoms with Crippen LogP contribution in [0.25, 0.3) is 0 Å². The van der Waals surface area contributed by atoms with E-state index in [4.69, 9.17) is 5.73 Å². The maximum Gasteiger partial charge on any atom is 0.376 e. The number of nitrogens with two attached hydrogens (primary N) is 1. The van der Waals surface area contributed by atoms with Gasteiger partial charge in [0.05, 0.1) is 7.11 Å². The van der Waals surface area contributed by atoms with Crippen molar-refractivity contribution in [3.8, 4) is 0 Å². The number of nitrogen functional groups attached to an aromatic ring is 1. The number of carbonyl (C=O) groups excluding carboxylic acids is 1. The van der Waals surface area contributed by atoms with Gasteiger partial charge in [0.2, 0.25) is 5.82 Å². The quantitative estimate of drug-likeness (QED) is 0.526. The van der Waals surface area contributed by atoms with E-state index >= 15 is 0 Å². The van der Waals surface area contributed by atoms with Crippen LogP contribution in [0.3, 0.4) is 0 Å². The number of methoxy groups -OCH3 is 1. The zero-order valence-electron chi connectivity index (χ0n) is 10.6. The smallest absolute Gasteiger partial charge is 0.376 e. The second kappa shape index (κ2) is 5.71. The Labute approximate surface area is 115 Å². The van der Waals surface area contributed by atoms with Gasteiger partial charge in [0.15, 0.2) is 0 Å². The first-order chi connectivity index (χ1) is 9.10. The van der Waals surface area contributed by atoms with Gasteiger partial charge in [-0.2, -0.15) is 0 Å². The van der Waals surface area contributed by atoms with Crippen molar-refractivity contribution in [1.82, 2.24) is 9.97 Å². The van der Waals surface area contributed by atoms with Crippen LogP contribution < -0.4 is 5.73 Å². The standard InChI is InChI=1S/C13H13N3O2S/c1-8-7-11(16-12(15-8)13(17)18-2)19-10-6-4-3-5-9(10)14/h3-7H,14H2,1-2H3. The number of nitrogens with zero attached hydrogens (tertiary/aromatic N) is 2. The van der Waals surface area contributed by atoms with E-state index in [1.54, 1.807) is 13.0 Å². The average molecular weight is 275 g/mol. The lowest BCUT2D eigenvalue weighted by Crippen LogP contribution is -2.08. The van der Waals surface area contributed by atoms with Gasteiger partial charge in [-0.15, -0.1) is 0 Å². The summed E-state index contributed by atoms with van der Waals surface area (Å²) >= 11 is 1.39. The number of benzene rings is 1. The van der Waals surface area contributed by atoms with Gasteiger partial charge in [-0.05, 0) is 25.1 Å². The fraction of sp³-hybridized carbons (Fsp3) is 0.154. The van der Waals surface area contributed by atoms with E-state index in [2.05, 4.69) is 14.7 Å². The predicted octanol–water partition coefficient (Wildman–Crippen LogP) is 2.31. The number of ether oxygens (including phenoxy) is 1. The Morgan fingerprint density at radius 3 is 2.74 bits per heavy atom. The third kappa shape index (κ3) is 3.23. The highest BCUT2D eigenvalue weighted by atomic mass is 32.2. The maximum absolute atomic E-state index is 11.5. The molecule has 0 bridgehead atoms. The van der Waals surface area contributed by atoms with E-state index < -0.39 is 5.97 Å². The number of rotatable bonds is 3. The van der Waals surface area contributed by atoms with E-state index in [1.807, 2.05) is 24.3 Å². The first-order valence-electron chi connectivity index (χ1n) is 5.56. The van der Waals surface area contributed by atoms with Crippen LogP contribution in [0.5, 0.6) is 0 Å². The molecule has 6 heteroatoms. The molecule has 19 heavy (non-hydrogen) atoms. The summed E-state index contributed by atoms with van der Waals surface area (Å²) in [6.07, 6.45) is 0. The van der Waals surface area contributed by atoms with Crippen LogP contribution in [0.4, 0.5) is 5.69 Å². The molecule has 0 saturated carbocycles. The minimum atomic E-state index is -0.549. The van der Waals surface area contributed by atoms with Crippen LogP contribution in [0, 0.1) is 6.92 Å². The summed E-state index contributed by atoms with van der Waals surface area (Å²) < 4.78 is 4.62. The molecular weight excluding hydrogens is 262 g/mol. The van der Waals surface area contributed by atoms with Crippen molar-refractivity contribution in [2.24, 2.45) is 0 Å². The van der Waals surface area contributed by atoms with Crippen molar-refractivity contribution in [2.75, 3.05) is 12.8 Å². The zero-order chi connectivity index (χ0) is 13.8. The number of anilines is 1. The molecule has 0 aliphatic rings. The highest BCUT2D eigenvalue weighted by molar-refractivity contribution is 7.99. The van der Waals surface area contributed by atoms with E-state index in [0.29, 0.717) is 16.4 Å². The minimum absolute atomic E-state index is 0.0551. The molecule has 0 aliphatic heterocycles. The van der Waals surface area contributed by atoms with Gasteiger partial charge in [0.1, 0.15) is 5.03 Å². The van der Waals surface area contributed by atoms with Crippen LogP contribution in [-0.4, -0.2) is 23.0 Å². The summed E-state index contributed by atoms with van der Waals surface area (Å²) in [4.78, 5) is 20.5. The number of hydrogen-bond donors (Lipinski definition) is 1. The molecule has 0 aliphatic carbocycles. The molecule has 0 fully saturated rings.